The van der Waals surface area contributed by atoms with Crippen LogP contribution in [0.1, 0.15) is 25.7 Å². The van der Waals surface area contributed by atoms with E-state index in [0.717, 1.165) is 58.1 Å². The molecule has 6 heteroatoms. The molecule has 1 aliphatic carbocycles. The molecule has 1 saturated carbocycles. The fraction of sp³-hybridized carbons (Fsp3) is 0.333. The van der Waals surface area contributed by atoms with Crippen molar-refractivity contribution in [1.29, 1.82) is 0 Å². The second-order valence-electron chi connectivity index (χ2n) is 6.33. The van der Waals surface area contributed by atoms with Crippen LogP contribution < -0.4 is 5.32 Å². The maximum Gasteiger partial charge on any atom is 0.137 e. The second kappa shape index (κ2) is 6.53. The van der Waals surface area contributed by atoms with Crippen LogP contribution in [0.15, 0.2) is 41.3 Å². The van der Waals surface area contributed by atoms with E-state index in [9.17, 15) is 5.11 Å². The zero-order valence-electron chi connectivity index (χ0n) is 13.2. The van der Waals surface area contributed by atoms with Crippen molar-refractivity contribution in [2.24, 2.45) is 0 Å². The smallest absolute Gasteiger partial charge is 0.137 e. The summed E-state index contributed by atoms with van der Waals surface area (Å²) < 4.78 is 0.960. The van der Waals surface area contributed by atoms with E-state index in [2.05, 4.69) is 48.3 Å². The number of aliphatic hydroxyl groups excluding tert-OH is 1. The summed E-state index contributed by atoms with van der Waals surface area (Å²) in [6.07, 6.45) is 9.24. The average molecular weight is 387 g/mol. The number of nitrogens with zero attached hydrogens (tertiary/aromatic N) is 2. The summed E-state index contributed by atoms with van der Waals surface area (Å²) in [5.74, 6) is 0.888. The molecule has 0 bridgehead atoms. The topological polar surface area (TPSA) is 73.8 Å². The number of hydrogen-bond donors (Lipinski definition) is 3. The molecule has 3 aromatic rings. The number of fused-ring (bicyclic) bond motifs is 1. The monoisotopic (exact) mass is 386 g/mol. The van der Waals surface area contributed by atoms with Gasteiger partial charge in [0, 0.05) is 45.6 Å². The van der Waals surface area contributed by atoms with Crippen LogP contribution in [-0.4, -0.2) is 32.2 Å². The normalized spacial score (nSPS) is 21.1. The number of pyridine rings is 2. The second-order valence-corrected chi connectivity index (χ2v) is 7.25. The molecule has 24 heavy (non-hydrogen) atoms. The molecular weight excluding hydrogens is 368 g/mol. The molecule has 3 heterocycles. The predicted octanol–water partition coefficient (Wildman–Crippen LogP) is 4.10. The van der Waals surface area contributed by atoms with Gasteiger partial charge in [0.25, 0.3) is 0 Å². The highest BCUT2D eigenvalue weighted by Crippen LogP contribution is 2.30. The van der Waals surface area contributed by atoms with Crippen LogP contribution in [0, 0.1) is 0 Å². The van der Waals surface area contributed by atoms with Crippen LogP contribution in [0.3, 0.4) is 0 Å². The molecule has 0 unspecified atom stereocenters. The SMILES string of the molecule is O[C@H]1CC[C@H](Nc2ccc(-c3c[nH]c4ncc(Br)cc34)cn2)CC1. The van der Waals surface area contributed by atoms with E-state index in [1.165, 1.54) is 0 Å². The molecule has 124 valence electrons. The number of hydrogen-bond acceptors (Lipinski definition) is 4. The summed E-state index contributed by atoms with van der Waals surface area (Å²) >= 11 is 3.48. The fourth-order valence-corrected chi connectivity index (χ4v) is 3.62. The van der Waals surface area contributed by atoms with Crippen molar-refractivity contribution < 1.29 is 5.11 Å². The molecule has 0 spiro atoms. The number of anilines is 1. The molecule has 0 atom stereocenters. The highest BCUT2D eigenvalue weighted by Gasteiger charge is 2.19. The maximum atomic E-state index is 9.59. The third-order valence-electron chi connectivity index (χ3n) is 4.62. The number of halogens is 1. The molecular formula is C18H19BrN4O. The third kappa shape index (κ3) is 3.16. The lowest BCUT2D eigenvalue weighted by molar-refractivity contribution is 0.126. The molecule has 1 fully saturated rings. The van der Waals surface area contributed by atoms with Gasteiger partial charge in [0.05, 0.1) is 6.10 Å². The number of H-pyrrole nitrogens is 1. The first-order chi connectivity index (χ1) is 11.7. The minimum atomic E-state index is -0.131. The number of aromatic amines is 1. The zero-order valence-corrected chi connectivity index (χ0v) is 14.8. The first-order valence-corrected chi connectivity index (χ1v) is 9.02. The summed E-state index contributed by atoms with van der Waals surface area (Å²) in [6, 6.07) is 6.56. The summed E-state index contributed by atoms with van der Waals surface area (Å²) in [5.41, 5.74) is 3.03. The van der Waals surface area contributed by atoms with Gasteiger partial charge < -0.3 is 15.4 Å². The van der Waals surface area contributed by atoms with Crippen LogP contribution in [0.5, 0.6) is 0 Å². The maximum absolute atomic E-state index is 9.59. The molecule has 1 aliphatic rings. The lowest BCUT2D eigenvalue weighted by Gasteiger charge is -2.26. The summed E-state index contributed by atoms with van der Waals surface area (Å²) in [4.78, 5) is 12.1. The number of aliphatic hydroxyl groups is 1. The Balaban J connectivity index is 1.54. The zero-order chi connectivity index (χ0) is 16.5. The Morgan fingerprint density at radius 3 is 2.71 bits per heavy atom. The minimum Gasteiger partial charge on any atom is -0.393 e. The summed E-state index contributed by atoms with van der Waals surface area (Å²) in [5, 5.41) is 14.1. The van der Waals surface area contributed by atoms with E-state index < -0.39 is 0 Å². The third-order valence-corrected chi connectivity index (χ3v) is 5.05. The molecule has 0 radical (unpaired) electrons. The Kier molecular flexibility index (Phi) is 4.24. The van der Waals surface area contributed by atoms with Gasteiger partial charge in [0.2, 0.25) is 0 Å². The van der Waals surface area contributed by atoms with Crippen molar-refractivity contribution in [1.82, 2.24) is 15.0 Å². The van der Waals surface area contributed by atoms with Gasteiger partial charge in [-0.05, 0) is 59.8 Å². The average Bonchev–Trinajstić information content (AvgIpc) is 3.01. The van der Waals surface area contributed by atoms with E-state index in [1.807, 2.05) is 18.5 Å². The molecule has 0 saturated heterocycles. The minimum absolute atomic E-state index is 0.131. The molecule has 0 aromatic carbocycles. The van der Waals surface area contributed by atoms with E-state index >= 15 is 0 Å². The first kappa shape index (κ1) is 15.6. The van der Waals surface area contributed by atoms with Gasteiger partial charge in [-0.2, -0.15) is 0 Å². The van der Waals surface area contributed by atoms with Gasteiger partial charge in [-0.1, -0.05) is 0 Å². The molecule has 3 aromatic heterocycles. The quantitative estimate of drug-likeness (QED) is 0.633. The molecule has 4 rings (SSSR count). The Hall–Kier alpha value is -1.92. The van der Waals surface area contributed by atoms with Crippen LogP contribution in [0.25, 0.3) is 22.2 Å². The van der Waals surface area contributed by atoms with Crippen molar-refractivity contribution in [2.75, 3.05) is 5.32 Å². The van der Waals surface area contributed by atoms with Crippen molar-refractivity contribution >= 4 is 32.8 Å². The van der Waals surface area contributed by atoms with Gasteiger partial charge in [-0.15, -0.1) is 0 Å². The van der Waals surface area contributed by atoms with Gasteiger partial charge in [-0.3, -0.25) is 0 Å². The predicted molar refractivity (Wildman–Crippen MR) is 98.9 cm³/mol. The van der Waals surface area contributed by atoms with Gasteiger partial charge in [0.15, 0.2) is 0 Å². The molecule has 5 nitrogen and oxygen atoms in total. The Morgan fingerprint density at radius 2 is 1.96 bits per heavy atom. The van der Waals surface area contributed by atoms with Crippen molar-refractivity contribution in [3.8, 4) is 11.1 Å². The number of nitrogens with one attached hydrogen (secondary N) is 2. The number of rotatable bonds is 3. The highest BCUT2D eigenvalue weighted by atomic mass is 79.9. The first-order valence-electron chi connectivity index (χ1n) is 8.23. The van der Waals surface area contributed by atoms with Crippen molar-refractivity contribution in [2.45, 2.75) is 37.8 Å². The van der Waals surface area contributed by atoms with Crippen LogP contribution in [0.4, 0.5) is 5.82 Å². The standard InChI is InChI=1S/C18H19BrN4O/c19-12-7-15-16(10-22-18(15)21-9-12)11-1-6-17(20-8-11)23-13-2-4-14(24)5-3-13/h1,6-10,13-14,24H,2-5H2,(H,20,23)(H,21,22)/t13-,14-. The van der Waals surface area contributed by atoms with Gasteiger partial charge >= 0.3 is 0 Å². The van der Waals surface area contributed by atoms with Crippen LogP contribution in [-0.2, 0) is 0 Å². The Morgan fingerprint density at radius 1 is 1.12 bits per heavy atom. The fourth-order valence-electron chi connectivity index (χ4n) is 3.28. The van der Waals surface area contributed by atoms with Gasteiger partial charge in [-0.25, -0.2) is 9.97 Å². The molecule has 0 aliphatic heterocycles. The summed E-state index contributed by atoms with van der Waals surface area (Å²) in [7, 11) is 0. The Bertz CT molecular complexity index is 838. The Labute approximate surface area is 148 Å². The lowest BCUT2D eigenvalue weighted by Crippen LogP contribution is -2.28. The van der Waals surface area contributed by atoms with E-state index in [4.69, 9.17) is 0 Å². The largest absolute Gasteiger partial charge is 0.393 e. The summed E-state index contributed by atoms with van der Waals surface area (Å²) in [6.45, 7) is 0. The van der Waals surface area contributed by atoms with E-state index in [1.54, 1.807) is 6.20 Å². The van der Waals surface area contributed by atoms with Crippen molar-refractivity contribution in [3.05, 3.63) is 41.3 Å². The lowest BCUT2D eigenvalue weighted by atomic mass is 9.93. The number of aromatic nitrogens is 3. The highest BCUT2D eigenvalue weighted by molar-refractivity contribution is 9.10. The van der Waals surface area contributed by atoms with E-state index in [0.29, 0.717) is 6.04 Å². The molecule has 0 amide bonds. The van der Waals surface area contributed by atoms with Crippen molar-refractivity contribution in [3.63, 3.8) is 0 Å². The van der Waals surface area contributed by atoms with Crippen LogP contribution in [0.2, 0.25) is 0 Å². The van der Waals surface area contributed by atoms with Gasteiger partial charge in [0.1, 0.15) is 11.5 Å². The molecule has 3 N–H and O–H groups in total. The van der Waals surface area contributed by atoms with Crippen LogP contribution >= 0.6 is 15.9 Å². The van der Waals surface area contributed by atoms with E-state index in [-0.39, 0.29) is 6.10 Å².